The third kappa shape index (κ3) is 2.53. The number of carbonyl (C=O) groups is 1. The number of alkyl halides is 1. The van der Waals surface area contributed by atoms with Gasteiger partial charge in [0.05, 0.1) is 17.6 Å². The van der Waals surface area contributed by atoms with E-state index in [1.165, 1.54) is 19.2 Å². The van der Waals surface area contributed by atoms with Crippen molar-refractivity contribution in [3.8, 4) is 0 Å². The van der Waals surface area contributed by atoms with E-state index in [0.717, 1.165) is 0 Å². The van der Waals surface area contributed by atoms with Gasteiger partial charge in [-0.25, -0.2) is 0 Å². The number of ether oxygens (including phenoxy) is 1. The highest BCUT2D eigenvalue weighted by Gasteiger charge is 2.25. The predicted octanol–water partition coefficient (Wildman–Crippen LogP) is 2.20. The van der Waals surface area contributed by atoms with Crippen LogP contribution in [-0.2, 0) is 9.53 Å². The topological polar surface area (TPSA) is 69.4 Å². The first kappa shape index (κ1) is 11.6. The van der Waals surface area contributed by atoms with Crippen molar-refractivity contribution in [2.75, 3.05) is 7.11 Å². The van der Waals surface area contributed by atoms with Gasteiger partial charge in [-0.2, -0.15) is 0 Å². The van der Waals surface area contributed by atoms with Gasteiger partial charge in [0.25, 0.3) is 5.69 Å². The number of para-hydroxylation sites is 1. The van der Waals surface area contributed by atoms with Gasteiger partial charge in [-0.1, -0.05) is 34.1 Å². The fourth-order valence-electron chi connectivity index (χ4n) is 1.10. The molecular formula is C9H8BrNO4. The number of carbonyl (C=O) groups excluding carboxylic acids is 1. The first-order valence-electron chi connectivity index (χ1n) is 4.03. The van der Waals surface area contributed by atoms with Gasteiger partial charge in [-0.05, 0) is 0 Å². The Kier molecular flexibility index (Phi) is 3.79. The predicted molar refractivity (Wildman–Crippen MR) is 56.8 cm³/mol. The molecular weight excluding hydrogens is 266 g/mol. The zero-order chi connectivity index (χ0) is 11.4. The van der Waals surface area contributed by atoms with Crippen LogP contribution < -0.4 is 0 Å². The zero-order valence-corrected chi connectivity index (χ0v) is 9.43. The molecule has 0 N–H and O–H groups in total. The minimum Gasteiger partial charge on any atom is -0.468 e. The van der Waals surface area contributed by atoms with Gasteiger partial charge in [-0.3, -0.25) is 14.9 Å². The highest BCUT2D eigenvalue weighted by molar-refractivity contribution is 9.09. The second-order valence-corrected chi connectivity index (χ2v) is 3.62. The second kappa shape index (κ2) is 4.88. The summed E-state index contributed by atoms with van der Waals surface area (Å²) in [6, 6.07) is 6.01. The summed E-state index contributed by atoms with van der Waals surface area (Å²) >= 11 is 3.05. The van der Waals surface area contributed by atoms with Crippen molar-refractivity contribution < 1.29 is 14.5 Å². The van der Waals surface area contributed by atoms with E-state index in [1.54, 1.807) is 12.1 Å². The zero-order valence-electron chi connectivity index (χ0n) is 7.84. The third-order valence-electron chi connectivity index (χ3n) is 1.81. The molecule has 0 aliphatic heterocycles. The van der Waals surface area contributed by atoms with Crippen molar-refractivity contribution >= 4 is 27.6 Å². The number of halogens is 1. The normalized spacial score (nSPS) is 11.9. The van der Waals surface area contributed by atoms with Crippen LogP contribution in [0.25, 0.3) is 0 Å². The number of esters is 1. The SMILES string of the molecule is COC(=O)[C@H](Br)c1ccccc1[N+](=O)[O-]. The molecule has 1 rings (SSSR count). The molecule has 0 spiro atoms. The average Bonchev–Trinajstić information content (AvgIpc) is 2.27. The fourth-order valence-corrected chi connectivity index (χ4v) is 1.67. The minimum absolute atomic E-state index is 0.107. The van der Waals surface area contributed by atoms with E-state index < -0.39 is 15.7 Å². The maximum atomic E-state index is 11.2. The molecule has 1 atom stereocenters. The molecule has 1 aromatic rings. The molecule has 0 bridgehead atoms. The number of nitro benzene ring substituents is 1. The van der Waals surface area contributed by atoms with Crippen LogP contribution in [0.15, 0.2) is 24.3 Å². The van der Waals surface area contributed by atoms with Gasteiger partial charge in [0.2, 0.25) is 0 Å². The molecule has 0 fully saturated rings. The number of hydrogen-bond acceptors (Lipinski definition) is 4. The number of nitrogens with zero attached hydrogens (tertiary/aromatic N) is 1. The Labute approximate surface area is 94.3 Å². The lowest BCUT2D eigenvalue weighted by atomic mass is 10.1. The molecule has 0 aliphatic rings. The molecule has 0 aliphatic carbocycles. The van der Waals surface area contributed by atoms with Crippen LogP contribution in [0, 0.1) is 10.1 Å². The summed E-state index contributed by atoms with van der Waals surface area (Å²) < 4.78 is 4.49. The summed E-state index contributed by atoms with van der Waals surface area (Å²) in [7, 11) is 1.23. The van der Waals surface area contributed by atoms with Crippen molar-refractivity contribution in [3.63, 3.8) is 0 Å². The average molecular weight is 274 g/mol. The largest absolute Gasteiger partial charge is 0.468 e. The lowest BCUT2D eigenvalue weighted by Gasteiger charge is -2.07. The van der Waals surface area contributed by atoms with Gasteiger partial charge in [0.1, 0.15) is 4.83 Å². The second-order valence-electron chi connectivity index (χ2n) is 2.70. The number of benzene rings is 1. The van der Waals surface area contributed by atoms with E-state index in [1.807, 2.05) is 0 Å². The monoisotopic (exact) mass is 273 g/mol. The summed E-state index contributed by atoms with van der Waals surface area (Å²) in [5.74, 6) is -0.565. The lowest BCUT2D eigenvalue weighted by Crippen LogP contribution is -2.09. The van der Waals surface area contributed by atoms with Crippen molar-refractivity contribution in [3.05, 3.63) is 39.9 Å². The Morgan fingerprint density at radius 2 is 2.13 bits per heavy atom. The molecule has 6 heteroatoms. The van der Waals surface area contributed by atoms with Gasteiger partial charge in [0.15, 0.2) is 0 Å². The van der Waals surface area contributed by atoms with Gasteiger partial charge in [-0.15, -0.1) is 0 Å². The fraction of sp³-hybridized carbons (Fsp3) is 0.222. The van der Waals surface area contributed by atoms with Crippen molar-refractivity contribution in [1.29, 1.82) is 0 Å². The van der Waals surface area contributed by atoms with Gasteiger partial charge < -0.3 is 4.74 Å². The van der Waals surface area contributed by atoms with E-state index in [-0.39, 0.29) is 11.3 Å². The van der Waals surface area contributed by atoms with E-state index in [0.29, 0.717) is 0 Å². The Morgan fingerprint density at radius 1 is 1.53 bits per heavy atom. The Balaban J connectivity index is 3.13. The smallest absolute Gasteiger partial charge is 0.324 e. The highest BCUT2D eigenvalue weighted by atomic mass is 79.9. The first-order chi connectivity index (χ1) is 7.07. The van der Waals surface area contributed by atoms with Crippen LogP contribution in [0.5, 0.6) is 0 Å². The minimum atomic E-state index is -0.816. The van der Waals surface area contributed by atoms with Crippen LogP contribution in [0.4, 0.5) is 5.69 Å². The Morgan fingerprint density at radius 3 is 2.67 bits per heavy atom. The molecule has 0 radical (unpaired) electrons. The number of hydrogen-bond donors (Lipinski definition) is 0. The van der Waals surface area contributed by atoms with E-state index in [9.17, 15) is 14.9 Å². The van der Waals surface area contributed by atoms with E-state index in [2.05, 4.69) is 20.7 Å². The summed E-state index contributed by atoms with van der Waals surface area (Å²) in [4.78, 5) is 20.5. The Hall–Kier alpha value is -1.43. The van der Waals surface area contributed by atoms with Crippen LogP contribution in [0.3, 0.4) is 0 Å². The van der Waals surface area contributed by atoms with Gasteiger partial charge >= 0.3 is 5.97 Å². The lowest BCUT2D eigenvalue weighted by molar-refractivity contribution is -0.385. The highest BCUT2D eigenvalue weighted by Crippen LogP contribution is 2.31. The van der Waals surface area contributed by atoms with E-state index in [4.69, 9.17) is 0 Å². The van der Waals surface area contributed by atoms with Crippen LogP contribution >= 0.6 is 15.9 Å². The molecule has 80 valence electrons. The third-order valence-corrected chi connectivity index (χ3v) is 2.68. The van der Waals surface area contributed by atoms with Gasteiger partial charge in [0, 0.05) is 6.07 Å². The summed E-state index contributed by atoms with van der Waals surface area (Å²) in [6.45, 7) is 0. The molecule has 0 heterocycles. The maximum Gasteiger partial charge on any atom is 0.324 e. The summed E-state index contributed by atoms with van der Waals surface area (Å²) in [5, 5.41) is 10.7. The van der Waals surface area contributed by atoms with Crippen LogP contribution in [-0.4, -0.2) is 18.0 Å². The molecule has 5 nitrogen and oxygen atoms in total. The van der Waals surface area contributed by atoms with Crippen LogP contribution in [0.1, 0.15) is 10.4 Å². The standard InChI is InChI=1S/C9H8BrNO4/c1-15-9(12)8(10)6-4-2-3-5-7(6)11(13)14/h2-5,8H,1H3/t8-/m1/s1. The Bertz CT molecular complexity index is 393. The molecule has 15 heavy (non-hydrogen) atoms. The molecule has 0 unspecified atom stereocenters. The molecule has 1 aromatic carbocycles. The summed E-state index contributed by atoms with van der Waals surface area (Å²) in [6.07, 6.45) is 0. The van der Waals surface area contributed by atoms with E-state index >= 15 is 0 Å². The molecule has 0 saturated heterocycles. The number of methoxy groups -OCH3 is 1. The molecule has 0 saturated carbocycles. The molecule has 0 amide bonds. The summed E-state index contributed by atoms with van der Waals surface area (Å²) in [5.41, 5.74) is 0.180. The number of rotatable bonds is 3. The number of nitro groups is 1. The first-order valence-corrected chi connectivity index (χ1v) is 4.94. The quantitative estimate of drug-likeness (QED) is 0.366. The van der Waals surface area contributed by atoms with Crippen LogP contribution in [0.2, 0.25) is 0 Å². The molecule has 0 aromatic heterocycles. The van der Waals surface area contributed by atoms with Crippen molar-refractivity contribution in [2.45, 2.75) is 4.83 Å². The van der Waals surface area contributed by atoms with Crippen molar-refractivity contribution in [1.82, 2.24) is 0 Å². The maximum absolute atomic E-state index is 11.2. The van der Waals surface area contributed by atoms with Crippen molar-refractivity contribution in [2.24, 2.45) is 0 Å².